The van der Waals surface area contributed by atoms with Gasteiger partial charge in [-0.25, -0.2) is 4.98 Å². The van der Waals surface area contributed by atoms with Crippen molar-refractivity contribution in [3.8, 4) is 10.4 Å². The van der Waals surface area contributed by atoms with E-state index in [2.05, 4.69) is 43.2 Å². The molecule has 3 heteroatoms. The summed E-state index contributed by atoms with van der Waals surface area (Å²) in [4.78, 5) is 5.74. The Morgan fingerprint density at radius 1 is 1.18 bits per heavy atom. The highest BCUT2D eigenvalue weighted by molar-refractivity contribution is 7.13. The molecule has 1 aromatic carbocycles. The Labute approximate surface area is 107 Å². The molecule has 17 heavy (non-hydrogen) atoms. The van der Waals surface area contributed by atoms with Crippen LogP contribution in [0.5, 0.6) is 0 Å². The van der Waals surface area contributed by atoms with Gasteiger partial charge in [-0.15, -0.1) is 11.3 Å². The molecule has 2 aromatic rings. The van der Waals surface area contributed by atoms with Crippen LogP contribution < -0.4 is 5.32 Å². The Morgan fingerprint density at radius 2 is 1.82 bits per heavy atom. The molecular weight excluding hydrogens is 228 g/mol. The van der Waals surface area contributed by atoms with Gasteiger partial charge < -0.3 is 5.32 Å². The lowest BCUT2D eigenvalue weighted by Crippen LogP contribution is -2.06. The van der Waals surface area contributed by atoms with E-state index < -0.39 is 0 Å². The summed E-state index contributed by atoms with van der Waals surface area (Å²) in [6, 6.07) is 4.48. The van der Waals surface area contributed by atoms with Crippen LogP contribution in [0.15, 0.2) is 17.6 Å². The fraction of sp³-hybridized carbons (Fsp3) is 0.357. The van der Waals surface area contributed by atoms with Gasteiger partial charge in [0, 0.05) is 6.54 Å². The molecule has 0 radical (unpaired) electrons. The van der Waals surface area contributed by atoms with Crippen molar-refractivity contribution >= 4 is 11.3 Å². The molecule has 0 saturated carbocycles. The van der Waals surface area contributed by atoms with Crippen molar-refractivity contribution in [2.45, 2.75) is 27.3 Å². The Hall–Kier alpha value is -1.19. The molecule has 0 spiro atoms. The van der Waals surface area contributed by atoms with Crippen LogP contribution in [0.1, 0.15) is 22.4 Å². The summed E-state index contributed by atoms with van der Waals surface area (Å²) in [5, 5.41) is 3.17. The predicted molar refractivity (Wildman–Crippen MR) is 74.5 cm³/mol. The zero-order chi connectivity index (χ0) is 12.4. The number of aryl methyl sites for hydroxylation is 3. The van der Waals surface area contributed by atoms with Gasteiger partial charge >= 0.3 is 0 Å². The summed E-state index contributed by atoms with van der Waals surface area (Å²) in [6.45, 7) is 7.33. The van der Waals surface area contributed by atoms with Crippen molar-refractivity contribution in [3.05, 3.63) is 40.0 Å². The standard InChI is InChI=1S/C14H18N2S/c1-9-5-10(2)13(11(3)6-9)14-12(7-15-4)16-8-17-14/h5-6,8,15H,7H2,1-4H3. The van der Waals surface area contributed by atoms with E-state index in [9.17, 15) is 0 Å². The minimum atomic E-state index is 0.825. The van der Waals surface area contributed by atoms with Crippen molar-refractivity contribution in [3.63, 3.8) is 0 Å². The van der Waals surface area contributed by atoms with Gasteiger partial charge in [0.05, 0.1) is 16.1 Å². The molecule has 0 aliphatic rings. The first-order valence-corrected chi connectivity index (χ1v) is 6.66. The van der Waals surface area contributed by atoms with Crippen LogP contribution in [0.4, 0.5) is 0 Å². The van der Waals surface area contributed by atoms with E-state index in [1.807, 2.05) is 12.6 Å². The van der Waals surface area contributed by atoms with Gasteiger partial charge in [-0.1, -0.05) is 17.7 Å². The third-order valence-electron chi connectivity index (χ3n) is 2.89. The van der Waals surface area contributed by atoms with E-state index in [4.69, 9.17) is 0 Å². The predicted octanol–water partition coefficient (Wildman–Crippen LogP) is 3.45. The van der Waals surface area contributed by atoms with Crippen molar-refractivity contribution in [1.82, 2.24) is 10.3 Å². The second kappa shape index (κ2) is 4.98. The highest BCUT2D eigenvalue weighted by atomic mass is 32.1. The first-order chi connectivity index (χ1) is 8.13. The molecule has 0 amide bonds. The van der Waals surface area contributed by atoms with Crippen LogP contribution in [0, 0.1) is 20.8 Å². The zero-order valence-corrected chi connectivity index (χ0v) is 11.6. The maximum absolute atomic E-state index is 4.44. The number of hydrogen-bond donors (Lipinski definition) is 1. The number of rotatable bonds is 3. The van der Waals surface area contributed by atoms with Crippen LogP contribution in [-0.2, 0) is 6.54 Å². The van der Waals surface area contributed by atoms with Crippen molar-refractivity contribution in [2.75, 3.05) is 7.05 Å². The van der Waals surface area contributed by atoms with E-state index in [0.29, 0.717) is 0 Å². The lowest BCUT2D eigenvalue weighted by molar-refractivity contribution is 0.799. The van der Waals surface area contributed by atoms with Crippen molar-refractivity contribution in [1.29, 1.82) is 0 Å². The van der Waals surface area contributed by atoms with Gasteiger partial charge in [-0.2, -0.15) is 0 Å². The number of nitrogens with one attached hydrogen (secondary N) is 1. The third-order valence-corrected chi connectivity index (χ3v) is 3.78. The summed E-state index contributed by atoms with van der Waals surface area (Å²) in [7, 11) is 1.96. The van der Waals surface area contributed by atoms with Crippen LogP contribution >= 0.6 is 11.3 Å². The maximum atomic E-state index is 4.44. The Bertz CT molecular complexity index is 506. The summed E-state index contributed by atoms with van der Waals surface area (Å²) in [6.07, 6.45) is 0. The molecule has 0 atom stereocenters. The number of benzene rings is 1. The first kappa shape index (κ1) is 12.3. The number of nitrogens with zero attached hydrogens (tertiary/aromatic N) is 1. The van der Waals surface area contributed by atoms with E-state index >= 15 is 0 Å². The van der Waals surface area contributed by atoms with Crippen molar-refractivity contribution in [2.24, 2.45) is 0 Å². The van der Waals surface area contributed by atoms with Crippen LogP contribution in [0.25, 0.3) is 10.4 Å². The fourth-order valence-corrected chi connectivity index (χ4v) is 3.29. The van der Waals surface area contributed by atoms with Crippen molar-refractivity contribution < 1.29 is 0 Å². The topological polar surface area (TPSA) is 24.9 Å². The SMILES string of the molecule is CNCc1ncsc1-c1c(C)cc(C)cc1C. The number of thiazole rings is 1. The molecule has 90 valence electrons. The summed E-state index contributed by atoms with van der Waals surface area (Å²) < 4.78 is 0. The van der Waals surface area contributed by atoms with Gasteiger partial charge in [-0.05, 0) is 44.5 Å². The van der Waals surface area contributed by atoms with E-state index in [-0.39, 0.29) is 0 Å². The van der Waals surface area contributed by atoms with Gasteiger partial charge in [0.25, 0.3) is 0 Å². The molecule has 2 rings (SSSR count). The molecule has 0 bridgehead atoms. The molecule has 0 saturated heterocycles. The third kappa shape index (κ3) is 2.40. The summed E-state index contributed by atoms with van der Waals surface area (Å²) in [5.74, 6) is 0. The van der Waals surface area contributed by atoms with E-state index in [1.165, 1.54) is 27.1 Å². The average Bonchev–Trinajstić information content (AvgIpc) is 2.65. The van der Waals surface area contributed by atoms with E-state index in [0.717, 1.165) is 12.2 Å². The minimum absolute atomic E-state index is 0.825. The number of hydrogen-bond acceptors (Lipinski definition) is 3. The molecule has 0 aliphatic carbocycles. The van der Waals surface area contributed by atoms with Gasteiger partial charge in [0.2, 0.25) is 0 Å². The molecule has 0 fully saturated rings. The Balaban J connectivity index is 2.56. The largest absolute Gasteiger partial charge is 0.314 e. The van der Waals surface area contributed by atoms with Gasteiger partial charge in [0.15, 0.2) is 0 Å². The van der Waals surface area contributed by atoms with Gasteiger partial charge in [0.1, 0.15) is 0 Å². The second-order valence-electron chi connectivity index (χ2n) is 4.43. The molecule has 2 nitrogen and oxygen atoms in total. The van der Waals surface area contributed by atoms with E-state index in [1.54, 1.807) is 11.3 Å². The highest BCUT2D eigenvalue weighted by Gasteiger charge is 2.13. The fourth-order valence-electron chi connectivity index (χ4n) is 2.30. The average molecular weight is 246 g/mol. The molecule has 1 aromatic heterocycles. The minimum Gasteiger partial charge on any atom is -0.314 e. The van der Waals surface area contributed by atoms with Gasteiger partial charge in [-0.3, -0.25) is 0 Å². The van der Waals surface area contributed by atoms with Crippen LogP contribution in [0.3, 0.4) is 0 Å². The first-order valence-electron chi connectivity index (χ1n) is 5.78. The lowest BCUT2D eigenvalue weighted by atomic mass is 9.98. The molecular formula is C14H18N2S. The number of aromatic nitrogens is 1. The Kier molecular flexibility index (Phi) is 3.60. The lowest BCUT2D eigenvalue weighted by Gasteiger charge is -2.11. The van der Waals surface area contributed by atoms with Crippen LogP contribution in [0.2, 0.25) is 0 Å². The smallest absolute Gasteiger partial charge is 0.0802 e. The quantitative estimate of drug-likeness (QED) is 0.897. The zero-order valence-electron chi connectivity index (χ0n) is 10.8. The molecule has 1 heterocycles. The Morgan fingerprint density at radius 3 is 2.41 bits per heavy atom. The maximum Gasteiger partial charge on any atom is 0.0802 e. The highest BCUT2D eigenvalue weighted by Crippen LogP contribution is 2.33. The summed E-state index contributed by atoms with van der Waals surface area (Å²) in [5.41, 5.74) is 8.42. The molecule has 0 aliphatic heterocycles. The molecule has 0 unspecified atom stereocenters. The van der Waals surface area contributed by atoms with Crippen LogP contribution in [-0.4, -0.2) is 12.0 Å². The molecule has 1 N–H and O–H groups in total. The summed E-state index contributed by atoms with van der Waals surface area (Å²) >= 11 is 1.73. The second-order valence-corrected chi connectivity index (χ2v) is 5.29. The normalized spacial score (nSPS) is 10.8. The monoisotopic (exact) mass is 246 g/mol.